The predicted octanol–water partition coefficient (Wildman–Crippen LogP) is 1.91. The molecule has 1 aliphatic carbocycles. The Balaban J connectivity index is 1.95. The van der Waals surface area contributed by atoms with E-state index >= 15 is 0 Å². The van der Waals surface area contributed by atoms with Crippen LogP contribution < -0.4 is 5.73 Å². The van der Waals surface area contributed by atoms with Gasteiger partial charge < -0.3 is 10.5 Å². The predicted molar refractivity (Wildman–Crippen MR) is 53.9 cm³/mol. The summed E-state index contributed by atoms with van der Waals surface area (Å²) in [5.74, 6) is 0.990. The Labute approximate surface area is 80.2 Å². The molecule has 0 radical (unpaired) electrons. The zero-order valence-corrected chi connectivity index (χ0v) is 8.22. The molecule has 0 spiro atoms. The molecule has 3 nitrogen and oxygen atoms in total. The summed E-state index contributed by atoms with van der Waals surface area (Å²) in [5.41, 5.74) is 5.21. The topological polar surface area (TPSA) is 59.1 Å². The van der Waals surface area contributed by atoms with E-state index in [0.29, 0.717) is 13.0 Å². The van der Waals surface area contributed by atoms with Crippen molar-refractivity contribution in [2.24, 2.45) is 11.7 Å². The normalized spacial score (nSPS) is 18.8. The summed E-state index contributed by atoms with van der Waals surface area (Å²) in [5, 5.41) is 7.01. The van der Waals surface area contributed by atoms with Crippen LogP contribution in [0.5, 0.6) is 0 Å². The van der Waals surface area contributed by atoms with Gasteiger partial charge in [0.2, 0.25) is 0 Å². The van der Waals surface area contributed by atoms with Crippen molar-refractivity contribution in [3.8, 4) is 0 Å². The molecule has 0 aromatic heterocycles. The average Bonchev–Trinajstić information content (AvgIpc) is 2.14. The minimum absolute atomic E-state index is 0.226. The fourth-order valence-corrected chi connectivity index (χ4v) is 1.79. The van der Waals surface area contributed by atoms with Crippen molar-refractivity contribution in [3.63, 3.8) is 0 Å². The highest BCUT2D eigenvalue weighted by molar-refractivity contribution is 5.76. The zero-order valence-electron chi connectivity index (χ0n) is 8.22. The highest BCUT2D eigenvalue weighted by atomic mass is 16.5. The fourth-order valence-electron chi connectivity index (χ4n) is 1.79. The smallest absolute Gasteiger partial charge is 0.0928 e. The Morgan fingerprint density at radius 1 is 1.31 bits per heavy atom. The van der Waals surface area contributed by atoms with E-state index in [2.05, 4.69) is 0 Å². The van der Waals surface area contributed by atoms with Crippen molar-refractivity contribution in [2.45, 2.75) is 38.5 Å². The highest BCUT2D eigenvalue weighted by Crippen LogP contribution is 2.23. The van der Waals surface area contributed by atoms with E-state index in [1.165, 1.54) is 32.1 Å². The first-order chi connectivity index (χ1) is 6.29. The molecule has 0 aromatic carbocycles. The van der Waals surface area contributed by atoms with Crippen molar-refractivity contribution in [1.82, 2.24) is 0 Å². The van der Waals surface area contributed by atoms with Crippen molar-refractivity contribution in [1.29, 1.82) is 5.41 Å². The summed E-state index contributed by atoms with van der Waals surface area (Å²) in [6.07, 6.45) is 7.33. The molecule has 0 atom stereocenters. The summed E-state index contributed by atoms with van der Waals surface area (Å²) >= 11 is 0. The Bertz CT molecular complexity index is 153. The number of ether oxygens (including phenoxy) is 1. The van der Waals surface area contributed by atoms with Gasteiger partial charge in [-0.1, -0.05) is 19.3 Å². The first-order valence-corrected chi connectivity index (χ1v) is 5.19. The molecule has 1 fully saturated rings. The van der Waals surface area contributed by atoms with Crippen molar-refractivity contribution < 1.29 is 4.74 Å². The molecular weight excluding hydrogens is 164 g/mol. The molecule has 3 N–H and O–H groups in total. The van der Waals surface area contributed by atoms with E-state index in [-0.39, 0.29) is 5.84 Å². The van der Waals surface area contributed by atoms with Gasteiger partial charge in [0.15, 0.2) is 0 Å². The number of hydrogen-bond acceptors (Lipinski definition) is 2. The lowest BCUT2D eigenvalue weighted by atomic mass is 9.90. The quantitative estimate of drug-likeness (QED) is 0.389. The molecule has 13 heavy (non-hydrogen) atoms. The monoisotopic (exact) mass is 184 g/mol. The standard InChI is InChI=1S/C10H20N2O/c11-10(12)6-7-13-8-9-4-2-1-3-5-9/h9H,1-8H2,(H3,11,12). The van der Waals surface area contributed by atoms with Crippen molar-refractivity contribution in [3.05, 3.63) is 0 Å². The van der Waals surface area contributed by atoms with Crippen molar-refractivity contribution in [2.75, 3.05) is 13.2 Å². The van der Waals surface area contributed by atoms with Crippen LogP contribution in [0.3, 0.4) is 0 Å². The largest absolute Gasteiger partial charge is 0.388 e. The van der Waals surface area contributed by atoms with Gasteiger partial charge in [0.25, 0.3) is 0 Å². The van der Waals surface area contributed by atoms with E-state index in [0.717, 1.165) is 12.5 Å². The van der Waals surface area contributed by atoms with E-state index in [1.807, 2.05) is 0 Å². The Kier molecular flexibility index (Phi) is 4.83. The molecule has 1 aliphatic rings. The maximum absolute atomic E-state index is 7.01. The van der Waals surface area contributed by atoms with Gasteiger partial charge in [-0.15, -0.1) is 0 Å². The third-order valence-electron chi connectivity index (χ3n) is 2.59. The van der Waals surface area contributed by atoms with Gasteiger partial charge in [0.1, 0.15) is 0 Å². The SMILES string of the molecule is N=C(N)CCOCC1CCCCC1. The number of rotatable bonds is 5. The van der Waals surface area contributed by atoms with Gasteiger partial charge in [-0.3, -0.25) is 5.41 Å². The lowest BCUT2D eigenvalue weighted by Crippen LogP contribution is -2.17. The highest BCUT2D eigenvalue weighted by Gasteiger charge is 2.12. The second kappa shape index (κ2) is 5.97. The molecule has 0 heterocycles. The molecule has 0 bridgehead atoms. The van der Waals surface area contributed by atoms with Gasteiger partial charge in [-0.2, -0.15) is 0 Å². The summed E-state index contributed by atoms with van der Waals surface area (Å²) in [4.78, 5) is 0. The third kappa shape index (κ3) is 4.88. The van der Waals surface area contributed by atoms with Crippen LogP contribution >= 0.6 is 0 Å². The van der Waals surface area contributed by atoms with Crippen LogP contribution in [-0.4, -0.2) is 19.0 Å². The molecule has 0 aliphatic heterocycles. The maximum Gasteiger partial charge on any atom is 0.0928 e. The van der Waals surface area contributed by atoms with E-state index in [1.54, 1.807) is 0 Å². The molecule has 76 valence electrons. The second-order valence-electron chi connectivity index (χ2n) is 3.85. The second-order valence-corrected chi connectivity index (χ2v) is 3.85. The Morgan fingerprint density at radius 3 is 2.62 bits per heavy atom. The van der Waals surface area contributed by atoms with Crippen molar-refractivity contribution >= 4 is 5.84 Å². The summed E-state index contributed by atoms with van der Waals surface area (Å²) < 4.78 is 5.46. The van der Waals surface area contributed by atoms with Gasteiger partial charge in [0, 0.05) is 13.0 Å². The van der Waals surface area contributed by atoms with Crippen LogP contribution in [-0.2, 0) is 4.74 Å². The zero-order chi connectivity index (χ0) is 9.52. The van der Waals surface area contributed by atoms with Crippen LogP contribution in [0, 0.1) is 11.3 Å². The Morgan fingerprint density at radius 2 is 2.00 bits per heavy atom. The lowest BCUT2D eigenvalue weighted by molar-refractivity contribution is 0.0901. The van der Waals surface area contributed by atoms with Crippen LogP contribution in [0.2, 0.25) is 0 Å². The van der Waals surface area contributed by atoms with E-state index < -0.39 is 0 Å². The van der Waals surface area contributed by atoms with E-state index in [4.69, 9.17) is 15.9 Å². The minimum Gasteiger partial charge on any atom is -0.388 e. The number of nitrogens with two attached hydrogens (primary N) is 1. The number of nitrogens with one attached hydrogen (secondary N) is 1. The number of amidine groups is 1. The van der Waals surface area contributed by atoms with Gasteiger partial charge in [0.05, 0.1) is 12.4 Å². The molecule has 1 rings (SSSR count). The van der Waals surface area contributed by atoms with Gasteiger partial charge in [-0.05, 0) is 18.8 Å². The summed E-state index contributed by atoms with van der Waals surface area (Å²) in [7, 11) is 0. The molecule has 0 amide bonds. The summed E-state index contributed by atoms with van der Waals surface area (Å²) in [6.45, 7) is 1.49. The number of hydrogen-bond donors (Lipinski definition) is 2. The maximum atomic E-state index is 7.01. The molecule has 0 aromatic rings. The third-order valence-corrected chi connectivity index (χ3v) is 2.59. The average molecular weight is 184 g/mol. The van der Waals surface area contributed by atoms with Crippen LogP contribution in [0.1, 0.15) is 38.5 Å². The van der Waals surface area contributed by atoms with E-state index in [9.17, 15) is 0 Å². The van der Waals surface area contributed by atoms with Gasteiger partial charge >= 0.3 is 0 Å². The lowest BCUT2D eigenvalue weighted by Gasteiger charge is -2.21. The van der Waals surface area contributed by atoms with Gasteiger partial charge in [-0.25, -0.2) is 0 Å². The fraction of sp³-hybridized carbons (Fsp3) is 0.900. The van der Waals surface area contributed by atoms with Crippen LogP contribution in [0.15, 0.2) is 0 Å². The molecule has 1 saturated carbocycles. The van der Waals surface area contributed by atoms with Crippen LogP contribution in [0.25, 0.3) is 0 Å². The van der Waals surface area contributed by atoms with Crippen LogP contribution in [0.4, 0.5) is 0 Å². The molecular formula is C10H20N2O. The molecule has 0 saturated heterocycles. The molecule has 0 unspecified atom stereocenters. The summed E-state index contributed by atoms with van der Waals surface area (Å²) in [6, 6.07) is 0. The first-order valence-electron chi connectivity index (χ1n) is 5.19. The Hall–Kier alpha value is -0.570. The minimum atomic E-state index is 0.226. The molecule has 3 heteroatoms. The first kappa shape index (κ1) is 10.5.